The first-order valence-corrected chi connectivity index (χ1v) is 12.0. The zero-order chi connectivity index (χ0) is 24.4. The van der Waals surface area contributed by atoms with Crippen LogP contribution in [0.5, 0.6) is 17.2 Å². The van der Waals surface area contributed by atoms with Crippen LogP contribution in [0.1, 0.15) is 33.6 Å². The topological polar surface area (TPSA) is 71.3 Å². The summed E-state index contributed by atoms with van der Waals surface area (Å²) in [6.45, 7) is 8.68. The first-order chi connectivity index (χ1) is 16.4. The van der Waals surface area contributed by atoms with Crippen molar-refractivity contribution in [3.05, 3.63) is 64.2 Å². The summed E-state index contributed by atoms with van der Waals surface area (Å²) in [6.07, 6.45) is 3.72. The minimum Gasteiger partial charge on any atom is -0.497 e. The smallest absolute Gasteiger partial charge is 0.169 e. The number of aryl methyl sites for hydroxylation is 2. The van der Waals surface area contributed by atoms with E-state index in [2.05, 4.69) is 16.5 Å². The van der Waals surface area contributed by atoms with Gasteiger partial charge in [-0.3, -0.25) is 9.97 Å². The van der Waals surface area contributed by atoms with Gasteiger partial charge in [0.05, 0.1) is 50.3 Å². The Balaban J connectivity index is 1.75. The number of aromatic nitrogens is 4. The SMILES string of the molecule is COc1ccc2nc(SCc3ncc(C)c(OC)c3C)n(Cc3ncc(C)c(OC)c3C)c2c1. The van der Waals surface area contributed by atoms with E-state index in [1.54, 1.807) is 33.1 Å². The van der Waals surface area contributed by atoms with Gasteiger partial charge in [0, 0.05) is 46.5 Å². The van der Waals surface area contributed by atoms with E-state index in [4.69, 9.17) is 24.2 Å². The highest BCUT2D eigenvalue weighted by molar-refractivity contribution is 7.98. The standard InChI is InChI=1S/C26H30N4O3S/c1-15-11-27-21(17(3)24(15)32-6)13-30-23-10-19(31-5)8-9-20(23)29-26(30)34-14-22-18(4)25(33-7)16(2)12-28-22/h8-12H,13-14H2,1-7H3. The van der Waals surface area contributed by atoms with Crippen molar-refractivity contribution < 1.29 is 14.2 Å². The average molecular weight is 479 g/mol. The van der Waals surface area contributed by atoms with Crippen molar-refractivity contribution in [1.29, 1.82) is 0 Å². The van der Waals surface area contributed by atoms with Crippen LogP contribution in [-0.2, 0) is 12.3 Å². The molecule has 0 fully saturated rings. The minimum atomic E-state index is 0.568. The lowest BCUT2D eigenvalue weighted by atomic mass is 10.1. The largest absolute Gasteiger partial charge is 0.497 e. The minimum absolute atomic E-state index is 0.568. The Hall–Kier alpha value is -3.26. The van der Waals surface area contributed by atoms with E-state index < -0.39 is 0 Å². The second-order valence-electron chi connectivity index (χ2n) is 8.22. The Bertz CT molecular complexity index is 1350. The number of benzene rings is 1. The van der Waals surface area contributed by atoms with Crippen LogP contribution >= 0.6 is 11.8 Å². The number of methoxy groups -OCH3 is 3. The van der Waals surface area contributed by atoms with Crippen molar-refractivity contribution in [2.75, 3.05) is 21.3 Å². The first-order valence-electron chi connectivity index (χ1n) is 11.0. The molecule has 4 aromatic rings. The number of hydrogen-bond donors (Lipinski definition) is 0. The van der Waals surface area contributed by atoms with Crippen LogP contribution in [0.4, 0.5) is 0 Å². The molecule has 34 heavy (non-hydrogen) atoms. The Kier molecular flexibility index (Phi) is 6.97. The number of rotatable bonds is 8. The van der Waals surface area contributed by atoms with E-state index in [1.807, 2.05) is 51.4 Å². The van der Waals surface area contributed by atoms with Gasteiger partial charge in [-0.25, -0.2) is 4.98 Å². The van der Waals surface area contributed by atoms with E-state index in [-0.39, 0.29) is 0 Å². The molecule has 0 amide bonds. The summed E-state index contributed by atoms with van der Waals surface area (Å²) >= 11 is 1.65. The molecule has 3 heterocycles. The summed E-state index contributed by atoms with van der Waals surface area (Å²) in [4.78, 5) is 14.3. The summed E-state index contributed by atoms with van der Waals surface area (Å²) in [7, 11) is 5.07. The van der Waals surface area contributed by atoms with Crippen LogP contribution in [0.25, 0.3) is 11.0 Å². The molecular weight excluding hydrogens is 448 g/mol. The monoisotopic (exact) mass is 478 g/mol. The molecule has 3 aromatic heterocycles. The third kappa shape index (κ3) is 4.42. The molecule has 7 nitrogen and oxygen atoms in total. The molecule has 0 aliphatic heterocycles. The second-order valence-corrected chi connectivity index (χ2v) is 9.16. The average Bonchev–Trinajstić information content (AvgIpc) is 3.17. The predicted octanol–water partition coefficient (Wildman–Crippen LogP) is 5.43. The number of imidazole rings is 1. The number of fused-ring (bicyclic) bond motifs is 1. The molecule has 0 N–H and O–H groups in total. The lowest BCUT2D eigenvalue weighted by molar-refractivity contribution is 0.406. The van der Waals surface area contributed by atoms with Gasteiger partial charge in [0.1, 0.15) is 17.2 Å². The Labute approximate surface area is 204 Å². The molecule has 4 rings (SSSR count). The van der Waals surface area contributed by atoms with E-state index in [0.29, 0.717) is 12.3 Å². The molecule has 0 saturated heterocycles. The summed E-state index contributed by atoms with van der Waals surface area (Å²) in [6, 6.07) is 5.94. The lowest BCUT2D eigenvalue weighted by Gasteiger charge is -2.15. The summed E-state index contributed by atoms with van der Waals surface area (Å²) < 4.78 is 18.9. The van der Waals surface area contributed by atoms with Crippen LogP contribution in [0, 0.1) is 27.7 Å². The van der Waals surface area contributed by atoms with Crippen LogP contribution in [0.3, 0.4) is 0 Å². The molecule has 0 bridgehead atoms. The summed E-state index contributed by atoms with van der Waals surface area (Å²) in [5.41, 5.74) is 7.96. The van der Waals surface area contributed by atoms with Gasteiger partial charge in [0.15, 0.2) is 5.16 Å². The van der Waals surface area contributed by atoms with Crippen molar-refractivity contribution in [2.45, 2.75) is 45.1 Å². The predicted molar refractivity (Wildman–Crippen MR) is 135 cm³/mol. The van der Waals surface area contributed by atoms with Gasteiger partial charge in [-0.2, -0.15) is 0 Å². The highest BCUT2D eigenvalue weighted by Crippen LogP contribution is 2.33. The van der Waals surface area contributed by atoms with Crippen molar-refractivity contribution in [3.8, 4) is 17.2 Å². The maximum absolute atomic E-state index is 5.63. The molecule has 178 valence electrons. The summed E-state index contributed by atoms with van der Waals surface area (Å²) in [5, 5.41) is 0.893. The van der Waals surface area contributed by atoms with Gasteiger partial charge in [0.25, 0.3) is 0 Å². The maximum Gasteiger partial charge on any atom is 0.169 e. The third-order valence-corrected chi connectivity index (χ3v) is 7.05. The lowest BCUT2D eigenvalue weighted by Crippen LogP contribution is -2.07. The Morgan fingerprint density at radius 3 is 2.06 bits per heavy atom. The van der Waals surface area contributed by atoms with Gasteiger partial charge in [-0.05, 0) is 39.8 Å². The van der Waals surface area contributed by atoms with Gasteiger partial charge < -0.3 is 18.8 Å². The quantitative estimate of drug-likeness (QED) is 0.313. The second kappa shape index (κ2) is 9.93. The molecule has 0 saturated carbocycles. The van der Waals surface area contributed by atoms with E-state index in [9.17, 15) is 0 Å². The molecule has 1 aromatic carbocycles. The fraction of sp³-hybridized carbons (Fsp3) is 0.346. The number of pyridine rings is 2. The highest BCUT2D eigenvalue weighted by atomic mass is 32.2. The molecule has 0 aliphatic rings. The van der Waals surface area contributed by atoms with Crippen molar-refractivity contribution in [2.24, 2.45) is 0 Å². The highest BCUT2D eigenvalue weighted by Gasteiger charge is 2.18. The van der Waals surface area contributed by atoms with E-state index in [0.717, 1.165) is 67.1 Å². The Morgan fingerprint density at radius 1 is 0.824 bits per heavy atom. The van der Waals surface area contributed by atoms with E-state index in [1.165, 1.54) is 0 Å². The number of ether oxygens (including phenoxy) is 3. The van der Waals surface area contributed by atoms with Crippen molar-refractivity contribution in [3.63, 3.8) is 0 Å². The first kappa shape index (κ1) is 23.9. The van der Waals surface area contributed by atoms with Crippen LogP contribution in [0.2, 0.25) is 0 Å². The molecule has 0 atom stereocenters. The van der Waals surface area contributed by atoms with Gasteiger partial charge in [-0.1, -0.05) is 11.8 Å². The molecule has 0 radical (unpaired) electrons. The van der Waals surface area contributed by atoms with Crippen LogP contribution in [0.15, 0.2) is 35.7 Å². The fourth-order valence-corrected chi connectivity index (χ4v) is 5.24. The zero-order valence-electron chi connectivity index (χ0n) is 20.7. The molecule has 0 unspecified atom stereocenters. The molecule has 8 heteroatoms. The molecule has 0 aliphatic carbocycles. The summed E-state index contributed by atoms with van der Waals surface area (Å²) in [5.74, 6) is 3.22. The van der Waals surface area contributed by atoms with Crippen molar-refractivity contribution in [1.82, 2.24) is 19.5 Å². The molecule has 0 spiro atoms. The number of hydrogen-bond acceptors (Lipinski definition) is 7. The van der Waals surface area contributed by atoms with Gasteiger partial charge >= 0.3 is 0 Å². The Morgan fingerprint density at radius 2 is 1.44 bits per heavy atom. The van der Waals surface area contributed by atoms with Crippen LogP contribution < -0.4 is 14.2 Å². The van der Waals surface area contributed by atoms with Gasteiger partial charge in [0.2, 0.25) is 0 Å². The fourth-order valence-electron chi connectivity index (χ4n) is 4.20. The van der Waals surface area contributed by atoms with Crippen LogP contribution in [-0.4, -0.2) is 40.8 Å². The zero-order valence-corrected chi connectivity index (χ0v) is 21.5. The van der Waals surface area contributed by atoms with E-state index >= 15 is 0 Å². The maximum atomic E-state index is 5.63. The van der Waals surface area contributed by atoms with Gasteiger partial charge in [-0.15, -0.1) is 0 Å². The normalized spacial score (nSPS) is 11.1. The number of nitrogens with zero attached hydrogens (tertiary/aromatic N) is 4. The number of thioether (sulfide) groups is 1. The third-order valence-electron chi connectivity index (χ3n) is 6.07. The van der Waals surface area contributed by atoms with Crippen molar-refractivity contribution >= 4 is 22.8 Å². The molecular formula is C26H30N4O3S.